The average molecular weight is 623 g/mol. The topological polar surface area (TPSA) is 75.0 Å². The van der Waals surface area contributed by atoms with Crippen molar-refractivity contribution in [1.29, 1.82) is 0 Å². The molecule has 1 amide bonds. The number of amides is 1. The van der Waals surface area contributed by atoms with Crippen LogP contribution < -0.4 is 5.56 Å². The minimum Gasteiger partial charge on any atom is -0.503 e. The van der Waals surface area contributed by atoms with Gasteiger partial charge in [-0.2, -0.15) is 0 Å². The van der Waals surface area contributed by atoms with Gasteiger partial charge in [0.05, 0.1) is 13.2 Å². The van der Waals surface area contributed by atoms with Crippen LogP contribution in [0.4, 0.5) is 4.79 Å². The third-order valence-electron chi connectivity index (χ3n) is 4.85. The summed E-state index contributed by atoms with van der Waals surface area (Å²) in [4.78, 5) is 28.2. The first kappa shape index (κ1) is 22.3. The lowest BCUT2D eigenvalue weighted by Crippen LogP contribution is -2.48. The Labute approximate surface area is 196 Å². The van der Waals surface area contributed by atoms with Crippen molar-refractivity contribution in [3.8, 4) is 5.75 Å². The number of rotatable bonds is 5. The zero-order chi connectivity index (χ0) is 21.0. The summed E-state index contributed by atoms with van der Waals surface area (Å²) >= 11 is 4.55. The first-order valence-corrected chi connectivity index (χ1v) is 11.5. The second-order valence-electron chi connectivity index (χ2n) is 6.83. The molecule has 1 N–H and O–H groups in total. The molecule has 7 nitrogen and oxygen atoms in total. The maximum absolute atomic E-state index is 12.6. The van der Waals surface area contributed by atoms with Crippen LogP contribution in [0.3, 0.4) is 0 Å². The van der Waals surface area contributed by atoms with Crippen LogP contribution in [0.25, 0.3) is 0 Å². The molecule has 2 aromatic rings. The summed E-state index contributed by atoms with van der Waals surface area (Å²) in [6.45, 7) is 5.52. The summed E-state index contributed by atoms with van der Waals surface area (Å²) < 4.78 is 8.86. The van der Waals surface area contributed by atoms with Gasteiger partial charge in [-0.25, -0.2) is 4.79 Å². The van der Waals surface area contributed by atoms with Gasteiger partial charge in [0.25, 0.3) is 5.56 Å². The lowest BCUT2D eigenvalue weighted by molar-refractivity contribution is 0.0776. The Morgan fingerprint density at radius 2 is 1.83 bits per heavy atom. The van der Waals surface area contributed by atoms with Crippen molar-refractivity contribution in [2.24, 2.45) is 0 Å². The molecular weight excluding hydrogens is 600 g/mol. The van der Waals surface area contributed by atoms with E-state index in [0.29, 0.717) is 51.4 Å². The van der Waals surface area contributed by atoms with Crippen molar-refractivity contribution in [1.82, 2.24) is 14.4 Å². The molecule has 1 aliphatic rings. The lowest BCUT2D eigenvalue weighted by atomic mass is 10.2. The Morgan fingerprint density at radius 1 is 1.10 bits per heavy atom. The molecule has 0 atom stereocenters. The number of carbonyl (C=O) groups excluding carboxylic acids is 1. The third kappa shape index (κ3) is 5.63. The van der Waals surface area contributed by atoms with E-state index in [0.717, 1.165) is 9.13 Å². The number of piperazine rings is 1. The Balaban J connectivity index is 1.65. The molecule has 156 valence electrons. The lowest BCUT2D eigenvalue weighted by Gasteiger charge is -2.34. The van der Waals surface area contributed by atoms with Crippen LogP contribution in [0.1, 0.15) is 18.1 Å². The Hall–Kier alpha value is -1.34. The molecule has 3 rings (SSSR count). The molecule has 0 bridgehead atoms. The SMILES string of the molecule is CCOC(=O)N1CCN(Cc2ccn(Cc3ccc(I)c(I)c3)c(=O)c2O)CC1. The maximum atomic E-state index is 12.6. The number of aromatic nitrogens is 1. The minimum absolute atomic E-state index is 0.208. The van der Waals surface area contributed by atoms with Crippen molar-refractivity contribution in [2.45, 2.75) is 20.0 Å². The summed E-state index contributed by atoms with van der Waals surface area (Å²) in [6, 6.07) is 7.85. The number of pyridine rings is 1. The Kier molecular flexibility index (Phi) is 7.79. The molecule has 0 aliphatic carbocycles. The smallest absolute Gasteiger partial charge is 0.409 e. The van der Waals surface area contributed by atoms with Crippen molar-refractivity contribution in [2.75, 3.05) is 32.8 Å². The van der Waals surface area contributed by atoms with Gasteiger partial charge in [0, 0.05) is 51.6 Å². The number of aromatic hydroxyl groups is 1. The van der Waals surface area contributed by atoms with E-state index < -0.39 is 0 Å². The van der Waals surface area contributed by atoms with E-state index in [4.69, 9.17) is 4.74 Å². The van der Waals surface area contributed by atoms with Gasteiger partial charge in [-0.3, -0.25) is 9.69 Å². The van der Waals surface area contributed by atoms with E-state index in [9.17, 15) is 14.7 Å². The number of nitrogens with zero attached hydrogens (tertiary/aromatic N) is 3. The summed E-state index contributed by atoms with van der Waals surface area (Å²) in [5, 5.41) is 10.4. The van der Waals surface area contributed by atoms with Gasteiger partial charge >= 0.3 is 6.09 Å². The summed E-state index contributed by atoms with van der Waals surface area (Å²) in [6.07, 6.45) is 1.44. The molecule has 1 fully saturated rings. The molecule has 0 unspecified atom stereocenters. The van der Waals surface area contributed by atoms with Crippen LogP contribution >= 0.6 is 45.2 Å². The van der Waals surface area contributed by atoms with Gasteiger partial charge < -0.3 is 19.3 Å². The molecule has 1 aromatic carbocycles. The van der Waals surface area contributed by atoms with Crippen molar-refractivity contribution >= 4 is 51.3 Å². The van der Waals surface area contributed by atoms with Gasteiger partial charge in [0.1, 0.15) is 0 Å². The van der Waals surface area contributed by atoms with Crippen LogP contribution in [-0.4, -0.2) is 58.4 Å². The first-order valence-electron chi connectivity index (χ1n) is 9.38. The summed E-state index contributed by atoms with van der Waals surface area (Å²) in [5.41, 5.74) is 1.23. The fourth-order valence-corrected chi connectivity index (χ4v) is 4.15. The maximum Gasteiger partial charge on any atom is 0.409 e. The average Bonchev–Trinajstić information content (AvgIpc) is 2.71. The first-order chi connectivity index (χ1) is 13.9. The molecular formula is C20H23I2N3O4. The number of hydrogen-bond acceptors (Lipinski definition) is 5. The molecule has 0 spiro atoms. The predicted octanol–water partition coefficient (Wildman–Crippen LogP) is 3.09. The van der Waals surface area contributed by atoms with E-state index in [1.54, 1.807) is 24.1 Å². The molecule has 0 saturated carbocycles. The molecule has 2 heterocycles. The minimum atomic E-state index is -0.388. The zero-order valence-corrected chi connectivity index (χ0v) is 20.4. The molecule has 0 radical (unpaired) electrons. The standard InChI is InChI=1S/C20H23I2N3O4/c1-2-29-20(28)24-9-7-23(8-10-24)13-15-5-6-25(19(27)18(15)26)12-14-3-4-16(21)17(22)11-14/h3-6,11,26H,2,7-10,12-13H2,1H3. The Morgan fingerprint density at radius 3 is 2.48 bits per heavy atom. The van der Waals surface area contributed by atoms with Crippen LogP contribution in [0.2, 0.25) is 0 Å². The second-order valence-corrected chi connectivity index (χ2v) is 9.16. The summed E-state index contributed by atoms with van der Waals surface area (Å²) in [7, 11) is 0. The van der Waals surface area contributed by atoms with Crippen LogP contribution in [0, 0.1) is 7.14 Å². The van der Waals surface area contributed by atoms with E-state index in [2.05, 4.69) is 50.1 Å². The van der Waals surface area contributed by atoms with Gasteiger partial charge in [-0.1, -0.05) is 6.07 Å². The van der Waals surface area contributed by atoms with Gasteiger partial charge in [0.15, 0.2) is 5.75 Å². The van der Waals surface area contributed by atoms with E-state index >= 15 is 0 Å². The van der Waals surface area contributed by atoms with E-state index in [-0.39, 0.29) is 17.4 Å². The third-order valence-corrected chi connectivity index (χ3v) is 7.72. The highest BCUT2D eigenvalue weighted by atomic mass is 127. The quantitative estimate of drug-likeness (QED) is 0.519. The van der Waals surface area contributed by atoms with Gasteiger partial charge in [-0.05, 0) is 75.9 Å². The van der Waals surface area contributed by atoms with Crippen molar-refractivity contribution in [3.63, 3.8) is 0 Å². The highest BCUT2D eigenvalue weighted by Crippen LogP contribution is 2.19. The fourth-order valence-electron chi connectivity index (χ4n) is 3.23. The monoisotopic (exact) mass is 623 g/mol. The number of ether oxygens (including phenoxy) is 1. The molecule has 1 aliphatic heterocycles. The van der Waals surface area contributed by atoms with Gasteiger partial charge in [0.2, 0.25) is 0 Å². The van der Waals surface area contributed by atoms with Crippen molar-refractivity contribution < 1.29 is 14.6 Å². The van der Waals surface area contributed by atoms with Crippen LogP contribution in [0.5, 0.6) is 5.75 Å². The molecule has 1 aromatic heterocycles. The highest BCUT2D eigenvalue weighted by Gasteiger charge is 2.23. The predicted molar refractivity (Wildman–Crippen MR) is 127 cm³/mol. The Bertz CT molecular complexity index is 940. The molecule has 29 heavy (non-hydrogen) atoms. The zero-order valence-electron chi connectivity index (χ0n) is 16.1. The number of benzene rings is 1. The van der Waals surface area contributed by atoms with Crippen molar-refractivity contribution in [3.05, 3.63) is 59.1 Å². The fraction of sp³-hybridized carbons (Fsp3) is 0.400. The number of carbonyl (C=O) groups is 1. The van der Waals surface area contributed by atoms with Gasteiger partial charge in [-0.15, -0.1) is 0 Å². The molecule has 1 saturated heterocycles. The summed E-state index contributed by atoms with van der Waals surface area (Å²) in [5.74, 6) is -0.208. The number of halogens is 2. The van der Waals surface area contributed by atoms with Crippen LogP contribution in [-0.2, 0) is 17.8 Å². The highest BCUT2D eigenvalue weighted by molar-refractivity contribution is 14.1. The largest absolute Gasteiger partial charge is 0.503 e. The second kappa shape index (κ2) is 10.1. The molecule has 9 heteroatoms. The number of hydrogen-bond donors (Lipinski definition) is 1. The van der Waals surface area contributed by atoms with Crippen LogP contribution in [0.15, 0.2) is 35.3 Å². The van der Waals surface area contributed by atoms with E-state index in [1.807, 2.05) is 18.2 Å². The normalized spacial score (nSPS) is 14.8. The van der Waals surface area contributed by atoms with E-state index in [1.165, 1.54) is 8.14 Å².